The number of aromatic nitrogens is 2. The van der Waals surface area contributed by atoms with E-state index in [2.05, 4.69) is 15.0 Å². The van der Waals surface area contributed by atoms with Gasteiger partial charge in [-0.05, 0) is 48.5 Å². The maximum Gasteiger partial charge on any atom is 0.241 e. The summed E-state index contributed by atoms with van der Waals surface area (Å²) in [6, 6.07) is 11.0. The quantitative estimate of drug-likeness (QED) is 0.717. The summed E-state index contributed by atoms with van der Waals surface area (Å²) in [6.45, 7) is 1.61. The van der Waals surface area contributed by atoms with E-state index in [9.17, 15) is 4.39 Å². The molecular formula is C17H16FN3OS. The van der Waals surface area contributed by atoms with Crippen LogP contribution in [0.15, 0.2) is 46.3 Å². The second-order valence-corrected chi connectivity index (χ2v) is 6.62. The third-order valence-corrected chi connectivity index (χ3v) is 5.03. The Morgan fingerprint density at radius 3 is 2.91 bits per heavy atom. The summed E-state index contributed by atoms with van der Waals surface area (Å²) in [5, 5.41) is 6.05. The first-order chi connectivity index (χ1) is 11.3. The third kappa shape index (κ3) is 3.04. The Hall–Kier alpha value is -2.05. The van der Waals surface area contributed by atoms with Gasteiger partial charge >= 0.3 is 0 Å². The van der Waals surface area contributed by atoms with Crippen LogP contribution in [0, 0.1) is 5.82 Å². The average molecular weight is 329 g/mol. The smallest absolute Gasteiger partial charge is 0.241 e. The lowest BCUT2D eigenvalue weighted by molar-refractivity contribution is 0.212. The van der Waals surface area contributed by atoms with Crippen molar-refractivity contribution in [2.45, 2.75) is 25.4 Å². The van der Waals surface area contributed by atoms with E-state index in [0.29, 0.717) is 18.3 Å². The molecule has 1 fully saturated rings. The summed E-state index contributed by atoms with van der Waals surface area (Å²) >= 11 is 1.60. The third-order valence-electron chi connectivity index (χ3n) is 4.17. The Morgan fingerprint density at radius 2 is 2.13 bits per heavy atom. The molecule has 4 nitrogen and oxygen atoms in total. The SMILES string of the molecule is Fc1ccc(C2CCCN2Cc2nc(-c3cccs3)no2)cc1. The molecule has 0 bridgehead atoms. The fourth-order valence-corrected chi connectivity index (χ4v) is 3.73. The Kier molecular flexibility index (Phi) is 3.93. The second-order valence-electron chi connectivity index (χ2n) is 5.67. The molecule has 0 N–H and O–H groups in total. The van der Waals surface area contributed by atoms with E-state index in [1.807, 2.05) is 29.6 Å². The lowest BCUT2D eigenvalue weighted by Gasteiger charge is -2.23. The van der Waals surface area contributed by atoms with Crippen LogP contribution in [-0.4, -0.2) is 21.6 Å². The first kappa shape index (κ1) is 14.5. The molecule has 1 unspecified atom stereocenters. The number of halogens is 1. The van der Waals surface area contributed by atoms with Crippen LogP contribution < -0.4 is 0 Å². The molecule has 6 heteroatoms. The van der Waals surface area contributed by atoms with Gasteiger partial charge in [-0.2, -0.15) is 4.98 Å². The molecule has 0 saturated carbocycles. The van der Waals surface area contributed by atoms with Crippen molar-refractivity contribution >= 4 is 11.3 Å². The predicted molar refractivity (Wildman–Crippen MR) is 86.4 cm³/mol. The highest BCUT2D eigenvalue weighted by molar-refractivity contribution is 7.13. The summed E-state index contributed by atoms with van der Waals surface area (Å²) < 4.78 is 18.5. The van der Waals surface area contributed by atoms with E-state index in [1.54, 1.807) is 11.3 Å². The fraction of sp³-hybridized carbons (Fsp3) is 0.294. The first-order valence-corrected chi connectivity index (χ1v) is 8.53. The molecule has 4 rings (SSSR count). The topological polar surface area (TPSA) is 42.2 Å². The van der Waals surface area contributed by atoms with Crippen LogP contribution in [0.3, 0.4) is 0 Å². The van der Waals surface area contributed by atoms with Crippen molar-refractivity contribution in [2.24, 2.45) is 0 Å². The van der Waals surface area contributed by atoms with Crippen molar-refractivity contribution in [1.29, 1.82) is 0 Å². The lowest BCUT2D eigenvalue weighted by atomic mass is 10.0. The number of likely N-dealkylation sites (tertiary alicyclic amines) is 1. The zero-order valence-electron chi connectivity index (χ0n) is 12.5. The molecule has 3 aromatic rings. The van der Waals surface area contributed by atoms with Crippen molar-refractivity contribution < 1.29 is 8.91 Å². The largest absolute Gasteiger partial charge is 0.338 e. The molecule has 0 aliphatic carbocycles. The monoisotopic (exact) mass is 329 g/mol. The van der Waals surface area contributed by atoms with Gasteiger partial charge in [-0.15, -0.1) is 11.3 Å². The van der Waals surface area contributed by atoms with E-state index in [0.717, 1.165) is 29.8 Å². The molecule has 0 radical (unpaired) electrons. The van der Waals surface area contributed by atoms with Crippen LogP contribution in [0.1, 0.15) is 30.3 Å². The van der Waals surface area contributed by atoms with E-state index in [1.165, 1.54) is 12.1 Å². The molecule has 0 spiro atoms. The van der Waals surface area contributed by atoms with Gasteiger partial charge in [0, 0.05) is 6.04 Å². The highest BCUT2D eigenvalue weighted by atomic mass is 32.1. The van der Waals surface area contributed by atoms with E-state index >= 15 is 0 Å². The van der Waals surface area contributed by atoms with Crippen LogP contribution >= 0.6 is 11.3 Å². The van der Waals surface area contributed by atoms with Gasteiger partial charge in [-0.25, -0.2) is 4.39 Å². The molecule has 1 aromatic carbocycles. The van der Waals surface area contributed by atoms with Gasteiger partial charge in [-0.1, -0.05) is 23.4 Å². The highest BCUT2D eigenvalue weighted by Crippen LogP contribution is 2.33. The molecule has 1 atom stereocenters. The number of nitrogens with zero attached hydrogens (tertiary/aromatic N) is 3. The standard InChI is InChI=1S/C17H16FN3OS/c18-13-7-5-12(6-8-13)14-3-1-9-21(14)11-16-19-17(20-22-16)15-4-2-10-23-15/h2,4-8,10,14H,1,3,9,11H2. The zero-order chi connectivity index (χ0) is 15.6. The molecule has 1 saturated heterocycles. The van der Waals surface area contributed by atoms with E-state index < -0.39 is 0 Å². The highest BCUT2D eigenvalue weighted by Gasteiger charge is 2.27. The lowest BCUT2D eigenvalue weighted by Crippen LogP contribution is -2.22. The Labute approximate surface area is 137 Å². The first-order valence-electron chi connectivity index (χ1n) is 7.65. The zero-order valence-corrected chi connectivity index (χ0v) is 13.3. The van der Waals surface area contributed by atoms with Crippen molar-refractivity contribution in [3.63, 3.8) is 0 Å². The number of hydrogen-bond acceptors (Lipinski definition) is 5. The van der Waals surface area contributed by atoms with Crippen LogP contribution in [0.5, 0.6) is 0 Å². The number of rotatable bonds is 4. The van der Waals surface area contributed by atoms with Crippen molar-refractivity contribution in [3.8, 4) is 10.7 Å². The average Bonchev–Trinajstić information content (AvgIpc) is 3.29. The van der Waals surface area contributed by atoms with Crippen molar-refractivity contribution in [1.82, 2.24) is 15.0 Å². The second kappa shape index (κ2) is 6.22. The molecular weight excluding hydrogens is 313 g/mol. The summed E-state index contributed by atoms with van der Waals surface area (Å²) in [5.74, 6) is 1.07. The van der Waals surface area contributed by atoms with Gasteiger partial charge in [0.15, 0.2) is 0 Å². The summed E-state index contributed by atoms with van der Waals surface area (Å²) in [5.41, 5.74) is 1.14. The van der Waals surface area contributed by atoms with Gasteiger partial charge in [0.05, 0.1) is 11.4 Å². The minimum atomic E-state index is -0.198. The maximum atomic E-state index is 13.1. The van der Waals surface area contributed by atoms with E-state index in [4.69, 9.17) is 4.52 Å². The van der Waals surface area contributed by atoms with Crippen LogP contribution in [0.2, 0.25) is 0 Å². The van der Waals surface area contributed by atoms with Crippen molar-refractivity contribution in [3.05, 3.63) is 59.0 Å². The minimum Gasteiger partial charge on any atom is -0.338 e. The number of thiophene rings is 1. The Morgan fingerprint density at radius 1 is 1.26 bits per heavy atom. The number of hydrogen-bond donors (Lipinski definition) is 0. The fourth-order valence-electron chi connectivity index (χ4n) is 3.08. The molecule has 2 aromatic heterocycles. The Balaban J connectivity index is 1.50. The summed E-state index contributed by atoms with van der Waals surface area (Å²) in [7, 11) is 0. The molecule has 118 valence electrons. The molecule has 1 aliphatic heterocycles. The summed E-state index contributed by atoms with van der Waals surface area (Å²) in [4.78, 5) is 7.82. The van der Waals surface area contributed by atoms with Crippen LogP contribution in [0.4, 0.5) is 4.39 Å². The molecule has 3 heterocycles. The van der Waals surface area contributed by atoms with Crippen molar-refractivity contribution in [2.75, 3.05) is 6.54 Å². The van der Waals surface area contributed by atoms with Crippen LogP contribution in [0.25, 0.3) is 10.7 Å². The van der Waals surface area contributed by atoms with E-state index in [-0.39, 0.29) is 11.9 Å². The van der Waals surface area contributed by atoms with Gasteiger partial charge < -0.3 is 4.52 Å². The van der Waals surface area contributed by atoms with Gasteiger partial charge in [0.25, 0.3) is 0 Å². The van der Waals surface area contributed by atoms with Crippen LogP contribution in [-0.2, 0) is 6.54 Å². The predicted octanol–water partition coefficient (Wildman–Crippen LogP) is 4.27. The minimum absolute atomic E-state index is 0.198. The van der Waals surface area contributed by atoms with Gasteiger partial charge in [0.2, 0.25) is 11.7 Å². The Bertz CT molecular complexity index is 770. The normalized spacial score (nSPS) is 18.6. The molecule has 0 amide bonds. The van der Waals surface area contributed by atoms with Gasteiger partial charge in [0.1, 0.15) is 5.82 Å². The molecule has 1 aliphatic rings. The number of benzene rings is 1. The molecule has 23 heavy (non-hydrogen) atoms. The maximum absolute atomic E-state index is 13.1. The van der Waals surface area contributed by atoms with Gasteiger partial charge in [-0.3, -0.25) is 4.90 Å². The summed E-state index contributed by atoms with van der Waals surface area (Å²) in [6.07, 6.45) is 2.19.